The fourth-order valence-corrected chi connectivity index (χ4v) is 1.94. The van der Waals surface area contributed by atoms with Crippen LogP contribution in [0, 0.1) is 11.3 Å². The Bertz CT molecular complexity index is 503. The number of carbonyl (C=O) groups is 1. The third-order valence-corrected chi connectivity index (χ3v) is 3.66. The Morgan fingerprint density at radius 1 is 1.42 bits per heavy atom. The van der Waals surface area contributed by atoms with Gasteiger partial charge in [-0.25, -0.2) is 4.79 Å². The third-order valence-electron chi connectivity index (χ3n) is 2.79. The van der Waals surface area contributed by atoms with E-state index in [0.717, 1.165) is 6.42 Å². The van der Waals surface area contributed by atoms with Gasteiger partial charge in [-0.3, -0.25) is 0 Å². The van der Waals surface area contributed by atoms with Crippen LogP contribution < -0.4 is 4.74 Å². The Kier molecular flexibility index (Phi) is 5.63. The first kappa shape index (κ1) is 15.8. The molecule has 0 saturated heterocycles. The van der Waals surface area contributed by atoms with Gasteiger partial charge in [0.1, 0.15) is 10.8 Å². The minimum Gasteiger partial charge on any atom is -0.480 e. The van der Waals surface area contributed by atoms with Crippen LogP contribution in [-0.2, 0) is 4.79 Å². The highest BCUT2D eigenvalue weighted by Crippen LogP contribution is 2.35. The Balaban J connectivity index is 3.04. The van der Waals surface area contributed by atoms with E-state index in [1.54, 1.807) is 6.07 Å². The van der Waals surface area contributed by atoms with E-state index in [9.17, 15) is 4.79 Å². The predicted molar refractivity (Wildman–Crippen MR) is 75.9 cm³/mol. The highest BCUT2D eigenvalue weighted by atomic mass is 35.5. The first-order chi connectivity index (χ1) is 8.88. The van der Waals surface area contributed by atoms with E-state index in [1.807, 2.05) is 13.8 Å². The number of nitrogens with one attached hydrogen (secondary N) is 1. The second-order valence-electron chi connectivity index (χ2n) is 4.14. The van der Waals surface area contributed by atoms with E-state index in [4.69, 9.17) is 38.5 Å². The van der Waals surface area contributed by atoms with Gasteiger partial charge in [-0.05, 0) is 24.5 Å². The normalized spacial score (nSPS) is 12.0. The lowest BCUT2D eigenvalue weighted by Gasteiger charge is -2.15. The SMILES string of the molecule is CCC(C)C(=N)c1ccc(OCC(=O)O)c(Cl)c1Cl. The van der Waals surface area contributed by atoms with Gasteiger partial charge in [0.25, 0.3) is 0 Å². The van der Waals surface area contributed by atoms with Crippen LogP contribution in [0.5, 0.6) is 5.75 Å². The quantitative estimate of drug-likeness (QED) is 0.784. The van der Waals surface area contributed by atoms with E-state index in [0.29, 0.717) is 11.3 Å². The summed E-state index contributed by atoms with van der Waals surface area (Å²) in [6.07, 6.45) is 0.823. The number of ether oxygens (including phenoxy) is 1. The molecule has 1 aromatic rings. The Labute approximate surface area is 121 Å². The van der Waals surface area contributed by atoms with Gasteiger partial charge < -0.3 is 15.3 Å². The summed E-state index contributed by atoms with van der Waals surface area (Å²) in [4.78, 5) is 10.4. The van der Waals surface area contributed by atoms with Crippen molar-refractivity contribution in [2.24, 2.45) is 5.92 Å². The highest BCUT2D eigenvalue weighted by molar-refractivity contribution is 6.45. The highest BCUT2D eigenvalue weighted by Gasteiger charge is 2.17. The molecule has 0 amide bonds. The zero-order chi connectivity index (χ0) is 14.6. The van der Waals surface area contributed by atoms with Crippen LogP contribution in [0.25, 0.3) is 0 Å². The van der Waals surface area contributed by atoms with Crippen molar-refractivity contribution in [2.75, 3.05) is 6.61 Å². The van der Waals surface area contributed by atoms with E-state index in [1.165, 1.54) is 6.07 Å². The summed E-state index contributed by atoms with van der Waals surface area (Å²) in [5.41, 5.74) is 0.947. The molecule has 104 valence electrons. The lowest BCUT2D eigenvalue weighted by atomic mass is 9.96. The van der Waals surface area contributed by atoms with Gasteiger partial charge in [0.2, 0.25) is 0 Å². The lowest BCUT2D eigenvalue weighted by molar-refractivity contribution is -0.139. The summed E-state index contributed by atoms with van der Waals surface area (Å²) in [5.74, 6) is -0.822. The predicted octanol–water partition coefficient (Wildman–Crippen LogP) is 3.87. The molecule has 0 aliphatic heterocycles. The monoisotopic (exact) mass is 303 g/mol. The molecule has 0 aliphatic carbocycles. The summed E-state index contributed by atoms with van der Waals surface area (Å²) < 4.78 is 5.01. The van der Waals surface area contributed by atoms with Crippen molar-refractivity contribution in [1.29, 1.82) is 5.41 Å². The molecule has 6 heteroatoms. The topological polar surface area (TPSA) is 70.4 Å². The van der Waals surface area contributed by atoms with Crippen molar-refractivity contribution in [2.45, 2.75) is 20.3 Å². The minimum absolute atomic E-state index is 0.0688. The zero-order valence-corrected chi connectivity index (χ0v) is 12.2. The first-order valence-corrected chi connectivity index (χ1v) is 6.55. The zero-order valence-electron chi connectivity index (χ0n) is 10.7. The number of benzene rings is 1. The standard InChI is InChI=1S/C13H15Cl2NO3/c1-3-7(2)13(16)8-4-5-9(12(15)11(8)14)19-6-10(17)18/h4-5,7,16H,3,6H2,1-2H3,(H,17,18). The van der Waals surface area contributed by atoms with Gasteiger partial charge in [0.15, 0.2) is 6.61 Å². The van der Waals surface area contributed by atoms with Crippen LogP contribution >= 0.6 is 23.2 Å². The van der Waals surface area contributed by atoms with Gasteiger partial charge in [0, 0.05) is 11.3 Å². The minimum atomic E-state index is -1.09. The molecule has 0 bridgehead atoms. The largest absolute Gasteiger partial charge is 0.480 e. The summed E-state index contributed by atoms with van der Waals surface area (Å²) in [7, 11) is 0. The van der Waals surface area contributed by atoms with Gasteiger partial charge in [-0.1, -0.05) is 37.0 Å². The van der Waals surface area contributed by atoms with Crippen molar-refractivity contribution < 1.29 is 14.6 Å². The summed E-state index contributed by atoms with van der Waals surface area (Å²) in [5, 5.41) is 16.9. The maximum atomic E-state index is 10.4. The number of halogens is 2. The molecule has 0 heterocycles. The molecule has 0 fully saturated rings. The van der Waals surface area contributed by atoms with Gasteiger partial charge >= 0.3 is 5.97 Å². The molecule has 0 radical (unpaired) electrons. The van der Waals surface area contributed by atoms with Crippen LogP contribution in [-0.4, -0.2) is 23.4 Å². The second-order valence-corrected chi connectivity index (χ2v) is 4.90. The second kappa shape index (κ2) is 6.78. The molecule has 19 heavy (non-hydrogen) atoms. The Hall–Kier alpha value is -1.26. The maximum Gasteiger partial charge on any atom is 0.341 e. The smallest absolute Gasteiger partial charge is 0.341 e. The van der Waals surface area contributed by atoms with Gasteiger partial charge in [0.05, 0.1) is 5.02 Å². The summed E-state index contributed by atoms with van der Waals surface area (Å²) >= 11 is 12.1. The van der Waals surface area contributed by atoms with Crippen molar-refractivity contribution in [3.63, 3.8) is 0 Å². The molecule has 2 N–H and O–H groups in total. The molecule has 0 aliphatic rings. The molecule has 0 spiro atoms. The molecular formula is C13H15Cl2NO3. The van der Waals surface area contributed by atoms with Crippen LogP contribution in [0.3, 0.4) is 0 Å². The molecule has 0 saturated carbocycles. The van der Waals surface area contributed by atoms with E-state index >= 15 is 0 Å². The van der Waals surface area contributed by atoms with Gasteiger partial charge in [-0.15, -0.1) is 0 Å². The van der Waals surface area contributed by atoms with Gasteiger partial charge in [-0.2, -0.15) is 0 Å². The molecule has 4 nitrogen and oxygen atoms in total. The van der Waals surface area contributed by atoms with Crippen molar-refractivity contribution >= 4 is 34.9 Å². The molecule has 0 aromatic heterocycles. The Morgan fingerprint density at radius 2 is 2.05 bits per heavy atom. The Morgan fingerprint density at radius 3 is 2.58 bits per heavy atom. The van der Waals surface area contributed by atoms with E-state index < -0.39 is 12.6 Å². The fourth-order valence-electron chi connectivity index (χ4n) is 1.46. The number of hydrogen-bond donors (Lipinski definition) is 2. The van der Waals surface area contributed by atoms with E-state index in [-0.39, 0.29) is 21.7 Å². The first-order valence-electron chi connectivity index (χ1n) is 5.79. The number of rotatable bonds is 6. The number of aliphatic carboxylic acids is 1. The number of carboxylic acids is 1. The lowest BCUT2D eigenvalue weighted by Crippen LogP contribution is -2.12. The summed E-state index contributed by atoms with van der Waals surface area (Å²) in [6, 6.07) is 3.16. The molecule has 1 aromatic carbocycles. The summed E-state index contributed by atoms with van der Waals surface area (Å²) in [6.45, 7) is 3.43. The van der Waals surface area contributed by atoms with Crippen LogP contribution in [0.4, 0.5) is 0 Å². The van der Waals surface area contributed by atoms with Crippen LogP contribution in [0.1, 0.15) is 25.8 Å². The number of carboxylic acid groups (broad SMARTS) is 1. The van der Waals surface area contributed by atoms with E-state index in [2.05, 4.69) is 0 Å². The average Bonchev–Trinajstić information content (AvgIpc) is 2.38. The number of hydrogen-bond acceptors (Lipinski definition) is 3. The fraction of sp³-hybridized carbons (Fsp3) is 0.385. The molecular weight excluding hydrogens is 289 g/mol. The van der Waals surface area contributed by atoms with Crippen molar-refractivity contribution in [1.82, 2.24) is 0 Å². The maximum absolute atomic E-state index is 10.4. The molecule has 1 unspecified atom stereocenters. The third kappa shape index (κ3) is 3.85. The molecule has 1 atom stereocenters. The van der Waals surface area contributed by atoms with Crippen molar-refractivity contribution in [3.05, 3.63) is 27.7 Å². The molecule has 1 rings (SSSR count). The van der Waals surface area contributed by atoms with Crippen molar-refractivity contribution in [3.8, 4) is 5.75 Å². The van der Waals surface area contributed by atoms with Crippen LogP contribution in [0.15, 0.2) is 12.1 Å². The average molecular weight is 304 g/mol. The van der Waals surface area contributed by atoms with Crippen LogP contribution in [0.2, 0.25) is 10.0 Å².